The van der Waals surface area contributed by atoms with E-state index in [1.807, 2.05) is 0 Å². The summed E-state index contributed by atoms with van der Waals surface area (Å²) in [6, 6.07) is 0.370. The van der Waals surface area contributed by atoms with E-state index in [0.29, 0.717) is 6.04 Å². The van der Waals surface area contributed by atoms with Crippen LogP contribution in [0.5, 0.6) is 0 Å². The average molecular weight is 172 g/mol. The normalized spacial score (nSPS) is 13.8. The summed E-state index contributed by atoms with van der Waals surface area (Å²) in [6.45, 7) is 8.81. The van der Waals surface area contributed by atoms with Gasteiger partial charge >= 0.3 is 0 Å². The summed E-state index contributed by atoms with van der Waals surface area (Å²) in [5.41, 5.74) is 5.63. The molecule has 74 valence electrons. The average Bonchev–Trinajstić information content (AvgIpc) is 1.95. The summed E-state index contributed by atoms with van der Waals surface area (Å²) in [5, 5.41) is 3.42. The maximum Gasteiger partial charge on any atom is 0.00104 e. The number of nitrogens with one attached hydrogen (secondary N) is 1. The Kier molecular flexibility index (Phi) is 7.51. The lowest BCUT2D eigenvalue weighted by Gasteiger charge is -2.07. The Morgan fingerprint density at radius 1 is 1.17 bits per heavy atom. The van der Waals surface area contributed by atoms with Crippen molar-refractivity contribution in [3.63, 3.8) is 0 Å². The van der Waals surface area contributed by atoms with Gasteiger partial charge < -0.3 is 11.1 Å². The zero-order chi connectivity index (χ0) is 9.40. The van der Waals surface area contributed by atoms with Gasteiger partial charge in [-0.2, -0.15) is 0 Å². The summed E-state index contributed by atoms with van der Waals surface area (Å²) in [5.74, 6) is 0.762. The van der Waals surface area contributed by atoms with Gasteiger partial charge in [0.1, 0.15) is 0 Å². The van der Waals surface area contributed by atoms with Gasteiger partial charge in [-0.15, -0.1) is 0 Å². The van der Waals surface area contributed by atoms with E-state index in [1.54, 1.807) is 0 Å². The van der Waals surface area contributed by atoms with Crippen LogP contribution in [0.25, 0.3) is 0 Å². The van der Waals surface area contributed by atoms with Crippen LogP contribution >= 0.6 is 0 Å². The van der Waals surface area contributed by atoms with Crippen molar-refractivity contribution in [1.82, 2.24) is 5.32 Å². The molecular weight excluding hydrogens is 148 g/mol. The Morgan fingerprint density at radius 3 is 2.33 bits per heavy atom. The maximum absolute atomic E-state index is 5.63. The van der Waals surface area contributed by atoms with E-state index >= 15 is 0 Å². The molecule has 0 heterocycles. The number of unbranched alkanes of at least 4 members (excludes halogenated alkanes) is 1. The minimum atomic E-state index is 0.370. The molecule has 0 rings (SSSR count). The molecule has 0 amide bonds. The first-order chi connectivity index (χ1) is 5.63. The van der Waals surface area contributed by atoms with Crippen LogP contribution in [-0.4, -0.2) is 19.1 Å². The van der Waals surface area contributed by atoms with Crippen molar-refractivity contribution in [2.45, 2.75) is 46.1 Å². The number of hydrogen-bond acceptors (Lipinski definition) is 2. The number of rotatable bonds is 7. The summed E-state index contributed by atoms with van der Waals surface area (Å²) in [6.07, 6.45) is 3.67. The first-order valence-electron chi connectivity index (χ1n) is 5.09. The van der Waals surface area contributed by atoms with E-state index in [9.17, 15) is 0 Å². The molecule has 0 saturated carbocycles. The van der Waals surface area contributed by atoms with Gasteiger partial charge in [0.25, 0.3) is 0 Å². The minimum absolute atomic E-state index is 0.370. The van der Waals surface area contributed by atoms with E-state index < -0.39 is 0 Å². The molecule has 0 aliphatic heterocycles. The summed E-state index contributed by atoms with van der Waals surface area (Å²) in [4.78, 5) is 0. The molecule has 1 atom stereocenters. The maximum atomic E-state index is 5.63. The third-order valence-corrected chi connectivity index (χ3v) is 1.82. The van der Waals surface area contributed by atoms with Crippen LogP contribution < -0.4 is 11.1 Å². The molecule has 0 aromatic rings. The molecule has 2 nitrogen and oxygen atoms in total. The lowest BCUT2D eigenvalue weighted by atomic mass is 10.1. The molecule has 0 fully saturated rings. The molecule has 12 heavy (non-hydrogen) atoms. The van der Waals surface area contributed by atoms with Gasteiger partial charge in [0, 0.05) is 6.04 Å². The molecule has 0 aromatic heterocycles. The Hall–Kier alpha value is -0.0800. The second-order valence-electron chi connectivity index (χ2n) is 4.07. The predicted octanol–water partition coefficient (Wildman–Crippen LogP) is 1.75. The highest BCUT2D eigenvalue weighted by molar-refractivity contribution is 4.55. The molecule has 0 aliphatic carbocycles. The summed E-state index contributed by atoms with van der Waals surface area (Å²) in [7, 11) is 0. The van der Waals surface area contributed by atoms with Crippen molar-refractivity contribution in [2.75, 3.05) is 13.1 Å². The van der Waals surface area contributed by atoms with E-state index in [0.717, 1.165) is 25.4 Å². The van der Waals surface area contributed by atoms with Crippen LogP contribution in [-0.2, 0) is 0 Å². The van der Waals surface area contributed by atoms with Gasteiger partial charge in [-0.05, 0) is 38.8 Å². The third-order valence-electron chi connectivity index (χ3n) is 1.82. The predicted molar refractivity (Wildman–Crippen MR) is 55.2 cm³/mol. The van der Waals surface area contributed by atoms with E-state index in [4.69, 9.17) is 5.73 Å². The Labute approximate surface area is 76.9 Å². The molecule has 0 spiro atoms. The molecule has 0 aliphatic rings. The van der Waals surface area contributed by atoms with Gasteiger partial charge in [0.2, 0.25) is 0 Å². The highest BCUT2D eigenvalue weighted by Crippen LogP contribution is 1.97. The lowest BCUT2D eigenvalue weighted by Crippen LogP contribution is -2.21. The highest BCUT2D eigenvalue weighted by atomic mass is 14.8. The molecular formula is C10H24N2. The largest absolute Gasteiger partial charge is 0.328 e. The monoisotopic (exact) mass is 172 g/mol. The highest BCUT2D eigenvalue weighted by Gasteiger charge is 1.95. The SMILES string of the molecule is CC(C)CNCCCCC(C)N. The summed E-state index contributed by atoms with van der Waals surface area (Å²) >= 11 is 0. The van der Waals surface area contributed by atoms with Gasteiger partial charge in [-0.1, -0.05) is 20.3 Å². The van der Waals surface area contributed by atoms with Crippen molar-refractivity contribution >= 4 is 0 Å². The topological polar surface area (TPSA) is 38.0 Å². The van der Waals surface area contributed by atoms with E-state index in [2.05, 4.69) is 26.1 Å². The quantitative estimate of drug-likeness (QED) is 0.574. The fourth-order valence-corrected chi connectivity index (χ4v) is 1.11. The molecule has 2 heteroatoms. The van der Waals surface area contributed by atoms with Crippen molar-refractivity contribution in [3.8, 4) is 0 Å². The van der Waals surface area contributed by atoms with Gasteiger partial charge in [0.15, 0.2) is 0 Å². The van der Waals surface area contributed by atoms with E-state index in [1.165, 1.54) is 12.8 Å². The van der Waals surface area contributed by atoms with Crippen molar-refractivity contribution in [3.05, 3.63) is 0 Å². The van der Waals surface area contributed by atoms with Crippen LogP contribution in [0.3, 0.4) is 0 Å². The van der Waals surface area contributed by atoms with Crippen molar-refractivity contribution in [1.29, 1.82) is 0 Å². The van der Waals surface area contributed by atoms with Crippen LogP contribution in [0.4, 0.5) is 0 Å². The zero-order valence-corrected chi connectivity index (χ0v) is 8.77. The molecule has 0 saturated heterocycles. The standard InChI is InChI=1S/C10H24N2/c1-9(2)8-12-7-5-4-6-10(3)11/h9-10,12H,4-8,11H2,1-3H3. The van der Waals surface area contributed by atoms with Crippen LogP contribution in [0.1, 0.15) is 40.0 Å². The van der Waals surface area contributed by atoms with Crippen molar-refractivity contribution < 1.29 is 0 Å². The Balaban J connectivity index is 2.91. The Bertz CT molecular complexity index is 77.8. The first-order valence-corrected chi connectivity index (χ1v) is 5.09. The van der Waals surface area contributed by atoms with Crippen LogP contribution in [0, 0.1) is 5.92 Å². The van der Waals surface area contributed by atoms with Crippen molar-refractivity contribution in [2.24, 2.45) is 11.7 Å². The third kappa shape index (κ3) is 9.92. The number of hydrogen-bond donors (Lipinski definition) is 2. The fourth-order valence-electron chi connectivity index (χ4n) is 1.11. The zero-order valence-electron chi connectivity index (χ0n) is 8.77. The fraction of sp³-hybridized carbons (Fsp3) is 1.00. The first kappa shape index (κ1) is 11.9. The van der Waals surface area contributed by atoms with Gasteiger partial charge in [-0.25, -0.2) is 0 Å². The van der Waals surface area contributed by atoms with Gasteiger partial charge in [-0.3, -0.25) is 0 Å². The smallest absolute Gasteiger partial charge is 0.00104 e. The molecule has 0 bridgehead atoms. The lowest BCUT2D eigenvalue weighted by molar-refractivity contribution is 0.519. The molecule has 0 aromatic carbocycles. The van der Waals surface area contributed by atoms with Crippen LogP contribution in [0.15, 0.2) is 0 Å². The molecule has 3 N–H and O–H groups in total. The Morgan fingerprint density at radius 2 is 1.83 bits per heavy atom. The van der Waals surface area contributed by atoms with E-state index in [-0.39, 0.29) is 0 Å². The summed E-state index contributed by atoms with van der Waals surface area (Å²) < 4.78 is 0. The molecule has 0 radical (unpaired) electrons. The van der Waals surface area contributed by atoms with Gasteiger partial charge in [0.05, 0.1) is 0 Å². The number of nitrogens with two attached hydrogens (primary N) is 1. The van der Waals surface area contributed by atoms with Crippen LogP contribution in [0.2, 0.25) is 0 Å². The minimum Gasteiger partial charge on any atom is -0.328 e. The second-order valence-corrected chi connectivity index (χ2v) is 4.07. The second kappa shape index (κ2) is 7.56. The molecule has 1 unspecified atom stereocenters.